The molecule has 0 spiro atoms. The molecule has 0 saturated carbocycles. The fourth-order valence-electron chi connectivity index (χ4n) is 3.29. The highest BCUT2D eigenvalue weighted by Crippen LogP contribution is 2.30. The number of ether oxygens (including phenoxy) is 2. The van der Waals surface area contributed by atoms with Crippen LogP contribution in [0.4, 0.5) is 16.2 Å². The number of fused-ring (bicyclic) bond motifs is 1. The van der Waals surface area contributed by atoms with Gasteiger partial charge in [-0.25, -0.2) is 4.79 Å². The smallest absolute Gasteiger partial charge is 0.412 e. The van der Waals surface area contributed by atoms with E-state index in [0.717, 1.165) is 12.1 Å². The van der Waals surface area contributed by atoms with Crippen LogP contribution in [-0.2, 0) is 4.74 Å². The summed E-state index contributed by atoms with van der Waals surface area (Å²) in [4.78, 5) is 23.4. The minimum Gasteiger partial charge on any atom is -0.497 e. The fraction of sp³-hybridized carbons (Fsp3) is 0.524. The summed E-state index contributed by atoms with van der Waals surface area (Å²) in [6.45, 7) is 8.62. The normalized spacial score (nSPS) is 19.1. The SMILES string of the molecule is CCC1CN=C2C(=NCN2c2cc(NC(=O)OC(C)(C)C)cc(OC)c2)C(=N)C1. The first kappa shape index (κ1) is 20.8. The number of hydrogen-bond acceptors (Lipinski definition) is 7. The van der Waals surface area contributed by atoms with Gasteiger partial charge in [-0.1, -0.05) is 13.3 Å². The summed E-state index contributed by atoms with van der Waals surface area (Å²) in [5.74, 6) is 1.67. The lowest BCUT2D eigenvalue weighted by Gasteiger charge is -2.22. The van der Waals surface area contributed by atoms with Crippen molar-refractivity contribution in [2.24, 2.45) is 15.9 Å². The Morgan fingerprint density at radius 2 is 2.07 bits per heavy atom. The van der Waals surface area contributed by atoms with E-state index in [4.69, 9.17) is 19.9 Å². The number of nitrogens with zero attached hydrogens (tertiary/aromatic N) is 3. The summed E-state index contributed by atoms with van der Waals surface area (Å²) in [6, 6.07) is 5.43. The molecular weight excluding hydrogens is 370 g/mol. The Balaban J connectivity index is 1.88. The van der Waals surface area contributed by atoms with Crippen molar-refractivity contribution in [2.45, 2.75) is 46.1 Å². The van der Waals surface area contributed by atoms with Crippen LogP contribution in [0.15, 0.2) is 28.2 Å². The molecule has 2 aliphatic rings. The molecule has 8 heteroatoms. The van der Waals surface area contributed by atoms with E-state index in [0.29, 0.717) is 54.2 Å². The van der Waals surface area contributed by atoms with Gasteiger partial charge in [0.25, 0.3) is 0 Å². The lowest BCUT2D eigenvalue weighted by atomic mass is 9.98. The number of rotatable bonds is 4. The van der Waals surface area contributed by atoms with E-state index in [1.165, 1.54) is 0 Å². The molecule has 156 valence electrons. The van der Waals surface area contributed by atoms with Crippen molar-refractivity contribution in [1.29, 1.82) is 5.41 Å². The van der Waals surface area contributed by atoms with Crippen LogP contribution in [-0.4, -0.2) is 49.3 Å². The molecule has 1 atom stereocenters. The van der Waals surface area contributed by atoms with Gasteiger partial charge in [0, 0.05) is 24.4 Å². The quantitative estimate of drug-likeness (QED) is 0.796. The molecule has 1 aromatic carbocycles. The second kappa shape index (κ2) is 8.23. The van der Waals surface area contributed by atoms with E-state index in [2.05, 4.69) is 17.2 Å². The molecule has 0 bridgehead atoms. The summed E-state index contributed by atoms with van der Waals surface area (Å²) in [5, 5.41) is 11.2. The molecule has 8 nitrogen and oxygen atoms in total. The van der Waals surface area contributed by atoms with Crippen LogP contribution in [0.25, 0.3) is 0 Å². The van der Waals surface area contributed by atoms with Crippen LogP contribution in [0.2, 0.25) is 0 Å². The summed E-state index contributed by atoms with van der Waals surface area (Å²) in [7, 11) is 1.58. The highest BCUT2D eigenvalue weighted by atomic mass is 16.6. The van der Waals surface area contributed by atoms with E-state index >= 15 is 0 Å². The predicted molar refractivity (Wildman–Crippen MR) is 116 cm³/mol. The summed E-state index contributed by atoms with van der Waals surface area (Å²) < 4.78 is 10.8. The Bertz CT molecular complexity index is 870. The maximum Gasteiger partial charge on any atom is 0.412 e. The number of carbonyl (C=O) groups is 1. The second-order valence-electron chi connectivity index (χ2n) is 8.24. The minimum atomic E-state index is -0.589. The van der Waals surface area contributed by atoms with Crippen molar-refractivity contribution in [3.63, 3.8) is 0 Å². The number of nitrogens with one attached hydrogen (secondary N) is 2. The summed E-state index contributed by atoms with van der Waals surface area (Å²) >= 11 is 0. The molecule has 0 radical (unpaired) electrons. The number of carbonyl (C=O) groups excluding carboxylic acids is 1. The molecule has 1 amide bonds. The Kier molecular flexibility index (Phi) is 5.91. The van der Waals surface area contributed by atoms with Crippen LogP contribution < -0.4 is 15.0 Å². The third-order valence-corrected chi connectivity index (χ3v) is 4.78. The van der Waals surface area contributed by atoms with Gasteiger partial charge in [-0.3, -0.25) is 15.3 Å². The van der Waals surface area contributed by atoms with Gasteiger partial charge in [-0.15, -0.1) is 0 Å². The van der Waals surface area contributed by atoms with Gasteiger partial charge >= 0.3 is 6.09 Å². The Morgan fingerprint density at radius 1 is 1.31 bits per heavy atom. The van der Waals surface area contributed by atoms with Gasteiger partial charge in [-0.2, -0.15) is 0 Å². The average Bonchev–Trinajstić information content (AvgIpc) is 3.00. The van der Waals surface area contributed by atoms with Crippen molar-refractivity contribution < 1.29 is 14.3 Å². The molecule has 3 rings (SSSR count). The Labute approximate surface area is 171 Å². The van der Waals surface area contributed by atoms with Crippen molar-refractivity contribution in [1.82, 2.24) is 0 Å². The summed E-state index contributed by atoms with van der Waals surface area (Å²) in [6.07, 6.45) is 1.14. The van der Waals surface area contributed by atoms with Crippen LogP contribution in [0.1, 0.15) is 40.5 Å². The molecule has 0 aromatic heterocycles. The van der Waals surface area contributed by atoms with Crippen molar-refractivity contribution in [2.75, 3.05) is 30.5 Å². The lowest BCUT2D eigenvalue weighted by Crippen LogP contribution is -2.33. The van der Waals surface area contributed by atoms with Crippen LogP contribution in [0.3, 0.4) is 0 Å². The van der Waals surface area contributed by atoms with Gasteiger partial charge in [0.15, 0.2) is 5.84 Å². The first-order chi connectivity index (χ1) is 13.7. The monoisotopic (exact) mass is 399 g/mol. The van der Waals surface area contributed by atoms with Crippen LogP contribution >= 0.6 is 0 Å². The molecule has 2 aliphatic heterocycles. The van der Waals surface area contributed by atoms with Gasteiger partial charge in [0.05, 0.1) is 18.5 Å². The largest absolute Gasteiger partial charge is 0.497 e. The fourth-order valence-corrected chi connectivity index (χ4v) is 3.29. The Hall–Kier alpha value is -2.90. The Morgan fingerprint density at radius 3 is 2.72 bits per heavy atom. The zero-order chi connectivity index (χ0) is 21.2. The van der Waals surface area contributed by atoms with E-state index < -0.39 is 11.7 Å². The third-order valence-electron chi connectivity index (χ3n) is 4.78. The molecule has 1 aromatic rings. The highest BCUT2D eigenvalue weighted by molar-refractivity contribution is 6.71. The number of amidine groups is 1. The maximum atomic E-state index is 12.2. The predicted octanol–water partition coefficient (Wildman–Crippen LogP) is 4.11. The molecule has 2 heterocycles. The first-order valence-electron chi connectivity index (χ1n) is 9.84. The molecule has 2 N–H and O–H groups in total. The molecule has 0 aliphatic carbocycles. The molecule has 1 unspecified atom stereocenters. The number of benzene rings is 1. The molecule has 0 fully saturated rings. The van der Waals surface area contributed by atoms with E-state index in [1.807, 2.05) is 37.8 Å². The molecule has 29 heavy (non-hydrogen) atoms. The van der Waals surface area contributed by atoms with E-state index in [9.17, 15) is 4.79 Å². The van der Waals surface area contributed by atoms with E-state index in [-0.39, 0.29) is 0 Å². The first-order valence-corrected chi connectivity index (χ1v) is 9.84. The highest BCUT2D eigenvalue weighted by Gasteiger charge is 2.31. The van der Waals surface area contributed by atoms with Crippen molar-refractivity contribution >= 4 is 34.7 Å². The van der Waals surface area contributed by atoms with Crippen LogP contribution in [0, 0.1) is 11.3 Å². The second-order valence-corrected chi connectivity index (χ2v) is 8.24. The van der Waals surface area contributed by atoms with Gasteiger partial charge in [0.1, 0.15) is 23.7 Å². The number of aliphatic imine (C=N–C) groups is 2. The van der Waals surface area contributed by atoms with Crippen molar-refractivity contribution in [3.05, 3.63) is 18.2 Å². The van der Waals surface area contributed by atoms with Gasteiger partial charge < -0.3 is 19.8 Å². The zero-order valence-electron chi connectivity index (χ0n) is 17.7. The van der Waals surface area contributed by atoms with Crippen LogP contribution in [0.5, 0.6) is 5.75 Å². The topological polar surface area (TPSA) is 99.4 Å². The maximum absolute atomic E-state index is 12.2. The molecular formula is C21H29N5O3. The standard InChI is InChI=1S/C21H29N5O3/c1-6-13-7-17(22)18-19(23-11-13)26(12-24-18)15-8-14(9-16(10-15)28-5)25-20(27)29-21(2,3)4/h8-10,13,22H,6-7,11-12H2,1-5H3,(H,25,27). The van der Waals surface area contributed by atoms with Crippen molar-refractivity contribution in [3.8, 4) is 5.75 Å². The number of hydrogen-bond donors (Lipinski definition) is 2. The minimum absolute atomic E-state index is 0.361. The number of anilines is 2. The lowest BCUT2D eigenvalue weighted by molar-refractivity contribution is 0.0636. The van der Waals surface area contributed by atoms with Gasteiger partial charge in [-0.05, 0) is 39.2 Å². The van der Waals surface area contributed by atoms with Gasteiger partial charge in [0.2, 0.25) is 0 Å². The number of amides is 1. The molecule has 0 saturated heterocycles. The average molecular weight is 399 g/mol. The number of methoxy groups -OCH3 is 1. The summed E-state index contributed by atoms with van der Waals surface area (Å²) in [5.41, 5.74) is 1.94. The zero-order valence-corrected chi connectivity index (χ0v) is 17.7. The van der Waals surface area contributed by atoms with E-state index in [1.54, 1.807) is 13.2 Å². The third kappa shape index (κ3) is 4.93.